The first-order chi connectivity index (χ1) is 25.4. The van der Waals surface area contributed by atoms with E-state index in [0.29, 0.717) is 0 Å². The van der Waals surface area contributed by atoms with Gasteiger partial charge in [-0.05, 0) is 121 Å². The topological polar surface area (TPSA) is 43.0 Å². The molecule has 3 nitrogen and oxygen atoms in total. The van der Waals surface area contributed by atoms with E-state index in [2.05, 4.69) is 157 Å². The molecule has 0 aliphatic heterocycles. The van der Waals surface area contributed by atoms with Crippen molar-refractivity contribution in [2.45, 2.75) is 54.4 Å². The van der Waals surface area contributed by atoms with Gasteiger partial charge in [-0.1, -0.05) is 135 Å². The molecule has 0 saturated heterocycles. The summed E-state index contributed by atoms with van der Waals surface area (Å²) in [6.45, 7) is 12.3. The van der Waals surface area contributed by atoms with Crippen LogP contribution in [0.25, 0.3) is 50.1 Å². The molecule has 0 saturated carbocycles. The van der Waals surface area contributed by atoms with Crippen LogP contribution in [-0.4, -0.2) is 11.6 Å². The van der Waals surface area contributed by atoms with Gasteiger partial charge in [0, 0.05) is 29.9 Å². The van der Waals surface area contributed by atoms with Crippen LogP contribution in [0.3, 0.4) is 0 Å². The lowest BCUT2D eigenvalue weighted by atomic mass is 9.86. The minimum Gasteiger partial charge on any atom is -0.404 e. The van der Waals surface area contributed by atoms with Gasteiger partial charge in [-0.2, -0.15) is 0 Å². The van der Waals surface area contributed by atoms with E-state index in [-0.39, 0.29) is 0 Å². The Bertz CT molecular complexity index is 2240. The van der Waals surface area contributed by atoms with E-state index < -0.39 is 0 Å². The van der Waals surface area contributed by atoms with Gasteiger partial charge in [0.25, 0.3) is 0 Å². The maximum absolute atomic E-state index is 5.68. The van der Waals surface area contributed by atoms with E-state index >= 15 is 0 Å². The number of aryl methyl sites for hydroxylation is 3. The van der Waals surface area contributed by atoms with Crippen LogP contribution in [0.2, 0.25) is 0 Å². The third-order valence-electron chi connectivity index (χ3n) is 9.35. The van der Waals surface area contributed by atoms with Crippen molar-refractivity contribution in [1.29, 1.82) is 0 Å². The van der Waals surface area contributed by atoms with Crippen LogP contribution in [0.5, 0.6) is 0 Å². The number of hydrogen-bond acceptors (Lipinski definition) is 2. The van der Waals surface area contributed by atoms with Crippen molar-refractivity contribution in [3.63, 3.8) is 0 Å². The first kappa shape index (κ1) is 37.5. The van der Waals surface area contributed by atoms with Gasteiger partial charge in [0.1, 0.15) is 0 Å². The van der Waals surface area contributed by atoms with Gasteiger partial charge in [0.05, 0.1) is 11.2 Å². The lowest BCUT2D eigenvalue weighted by Crippen LogP contribution is -2.07. The largest absolute Gasteiger partial charge is 0.404 e. The lowest BCUT2D eigenvalue weighted by molar-refractivity contribution is 0.934. The highest BCUT2D eigenvalue weighted by Gasteiger charge is 2.25. The molecule has 7 rings (SSSR count). The van der Waals surface area contributed by atoms with Crippen molar-refractivity contribution in [2.75, 3.05) is 7.05 Å². The molecular weight excluding hydrogens is 631 g/mol. The molecule has 5 aromatic carbocycles. The highest BCUT2D eigenvalue weighted by atomic mass is 15.0. The van der Waals surface area contributed by atoms with Crippen LogP contribution in [0.15, 0.2) is 158 Å². The SMILES string of the molecule is C/C=C\C(=C/NC)c1cccc(C)c1.CC.CC(=C/N)/C=C(\C)c1cccc(-c2ccc3c(c2)CCc2c-3n(-c3ccccc3)c3ccccc23)c1. The van der Waals surface area contributed by atoms with Crippen LogP contribution in [-0.2, 0) is 12.8 Å². The minimum absolute atomic E-state index is 1.05. The predicted octanol–water partition coefficient (Wildman–Crippen LogP) is 12.5. The Kier molecular flexibility index (Phi) is 12.9. The van der Waals surface area contributed by atoms with Crippen molar-refractivity contribution >= 4 is 22.0 Å². The molecule has 1 aromatic heterocycles. The Balaban J connectivity index is 0.000000275. The number of aromatic nitrogens is 1. The molecule has 6 aromatic rings. The summed E-state index contributed by atoms with van der Waals surface area (Å²) in [6.07, 6.45) is 12.1. The summed E-state index contributed by atoms with van der Waals surface area (Å²) in [5, 5.41) is 4.42. The average Bonchev–Trinajstić information content (AvgIpc) is 3.54. The average molecular weight is 684 g/mol. The number of hydrogen-bond donors (Lipinski definition) is 2. The van der Waals surface area contributed by atoms with Gasteiger partial charge in [-0.3, -0.25) is 0 Å². The molecular formula is C49H53N3. The van der Waals surface area contributed by atoms with Crippen LogP contribution in [0.4, 0.5) is 0 Å². The summed E-state index contributed by atoms with van der Waals surface area (Å²) in [7, 11) is 1.92. The maximum atomic E-state index is 5.68. The summed E-state index contributed by atoms with van der Waals surface area (Å²) in [5.41, 5.74) is 23.5. The van der Waals surface area contributed by atoms with E-state index in [1.54, 1.807) is 6.20 Å². The van der Waals surface area contributed by atoms with Crippen LogP contribution in [0, 0.1) is 6.92 Å². The number of para-hydroxylation sites is 2. The number of allylic oxidation sites excluding steroid dienone is 6. The number of nitrogens with two attached hydrogens (primary N) is 1. The summed E-state index contributed by atoms with van der Waals surface area (Å²) in [5.74, 6) is 0. The first-order valence-corrected chi connectivity index (χ1v) is 18.5. The van der Waals surface area contributed by atoms with Crippen molar-refractivity contribution in [3.05, 3.63) is 185 Å². The highest BCUT2D eigenvalue weighted by molar-refractivity contribution is 5.95. The molecule has 3 N–H and O–H groups in total. The van der Waals surface area contributed by atoms with E-state index in [1.165, 1.54) is 77.9 Å². The monoisotopic (exact) mass is 683 g/mol. The van der Waals surface area contributed by atoms with Crippen molar-refractivity contribution in [1.82, 2.24) is 9.88 Å². The third kappa shape index (κ3) is 8.38. The van der Waals surface area contributed by atoms with Gasteiger partial charge in [0.15, 0.2) is 0 Å². The second kappa shape index (κ2) is 17.9. The molecule has 0 fully saturated rings. The zero-order chi connectivity index (χ0) is 37.0. The zero-order valence-electron chi connectivity index (χ0n) is 31.9. The smallest absolute Gasteiger partial charge is 0.0575 e. The van der Waals surface area contributed by atoms with Gasteiger partial charge in [-0.15, -0.1) is 0 Å². The third-order valence-corrected chi connectivity index (χ3v) is 9.35. The van der Waals surface area contributed by atoms with Crippen LogP contribution in [0.1, 0.15) is 62.4 Å². The maximum Gasteiger partial charge on any atom is 0.0575 e. The van der Waals surface area contributed by atoms with Crippen LogP contribution < -0.4 is 11.1 Å². The van der Waals surface area contributed by atoms with Crippen molar-refractivity contribution in [3.8, 4) is 28.1 Å². The number of nitrogens with one attached hydrogen (secondary N) is 1. The molecule has 0 radical (unpaired) electrons. The normalized spacial score (nSPS) is 12.7. The van der Waals surface area contributed by atoms with Crippen molar-refractivity contribution in [2.24, 2.45) is 5.73 Å². The molecule has 0 amide bonds. The molecule has 264 valence electrons. The second-order valence-corrected chi connectivity index (χ2v) is 13.0. The molecule has 0 atom stereocenters. The Morgan fingerprint density at radius 1 is 0.750 bits per heavy atom. The van der Waals surface area contributed by atoms with Crippen LogP contribution >= 0.6 is 0 Å². The fraction of sp³-hybridized carbons (Fsp3) is 0.184. The fourth-order valence-electron chi connectivity index (χ4n) is 6.96. The Hall–Kier alpha value is -5.80. The summed E-state index contributed by atoms with van der Waals surface area (Å²) < 4.78 is 2.45. The summed E-state index contributed by atoms with van der Waals surface area (Å²) in [4.78, 5) is 0. The number of rotatable bonds is 7. The molecule has 52 heavy (non-hydrogen) atoms. The van der Waals surface area contributed by atoms with E-state index in [1.807, 2.05) is 47.0 Å². The standard InChI is InChI=1S/C34H30N2.C13H17N.C2H6/c1-23(22-35)19-24(2)25-9-8-10-26(20-25)27-15-17-30-28(21-27)16-18-32-31-13-6-7-14-33(31)36(34(30)32)29-11-4-3-5-12-29;1-4-6-13(10-14-3)12-8-5-7-11(2)9-12;1-2/h3-15,17,19-22H,16,18,35H2,1-2H3;4-10,14H,1-3H3;1-2H3/b23-22-,24-19+;6-4-,13-10+;. The lowest BCUT2D eigenvalue weighted by Gasteiger charge is -2.21. The Morgan fingerprint density at radius 3 is 2.19 bits per heavy atom. The predicted molar refractivity (Wildman–Crippen MR) is 228 cm³/mol. The Morgan fingerprint density at radius 2 is 1.46 bits per heavy atom. The minimum atomic E-state index is 1.05. The fourth-order valence-corrected chi connectivity index (χ4v) is 6.96. The van der Waals surface area contributed by atoms with Gasteiger partial charge in [0.2, 0.25) is 0 Å². The molecule has 1 aliphatic rings. The van der Waals surface area contributed by atoms with Gasteiger partial charge < -0.3 is 15.6 Å². The quantitative estimate of drug-likeness (QED) is 0.165. The van der Waals surface area contributed by atoms with Gasteiger partial charge >= 0.3 is 0 Å². The van der Waals surface area contributed by atoms with E-state index in [4.69, 9.17) is 5.73 Å². The molecule has 3 heteroatoms. The zero-order valence-corrected chi connectivity index (χ0v) is 31.9. The first-order valence-electron chi connectivity index (χ1n) is 18.5. The highest BCUT2D eigenvalue weighted by Crippen LogP contribution is 2.43. The van der Waals surface area contributed by atoms with Gasteiger partial charge in [-0.25, -0.2) is 0 Å². The molecule has 0 spiro atoms. The number of fused-ring (bicyclic) bond motifs is 5. The summed E-state index contributed by atoms with van der Waals surface area (Å²) >= 11 is 0. The molecule has 1 aliphatic carbocycles. The molecule has 1 heterocycles. The molecule has 0 unspecified atom stereocenters. The number of nitrogens with zero attached hydrogens (tertiary/aromatic N) is 1. The Labute approximate surface area is 311 Å². The van der Waals surface area contributed by atoms with E-state index in [0.717, 1.165) is 18.4 Å². The number of benzene rings is 5. The van der Waals surface area contributed by atoms with Crippen molar-refractivity contribution < 1.29 is 0 Å². The van der Waals surface area contributed by atoms with E-state index in [9.17, 15) is 0 Å². The summed E-state index contributed by atoms with van der Waals surface area (Å²) in [6, 6.07) is 43.9. The molecule has 0 bridgehead atoms. The second-order valence-electron chi connectivity index (χ2n) is 13.0.